The lowest BCUT2D eigenvalue weighted by atomic mass is 10.1. The van der Waals surface area contributed by atoms with E-state index in [-0.39, 0.29) is 29.5 Å². The monoisotopic (exact) mass is 285 g/mol. The molecule has 2 N–H and O–H groups in total. The van der Waals surface area contributed by atoms with Gasteiger partial charge in [-0.25, -0.2) is 17.6 Å². The van der Waals surface area contributed by atoms with Gasteiger partial charge in [0.15, 0.2) is 9.84 Å². The number of carboxylic acid groups (broad SMARTS) is 1. The second kappa shape index (κ2) is 5.10. The van der Waals surface area contributed by atoms with Crippen molar-refractivity contribution in [3.05, 3.63) is 46.6 Å². The average Bonchev–Trinajstić information content (AvgIpc) is 2.67. The number of carboxylic acids is 1. The molecule has 0 saturated carbocycles. The van der Waals surface area contributed by atoms with Crippen LogP contribution < -0.4 is 5.32 Å². The van der Waals surface area contributed by atoms with Crippen molar-refractivity contribution in [3.63, 3.8) is 0 Å². The molecule has 102 valence electrons. The van der Waals surface area contributed by atoms with E-state index >= 15 is 0 Å². The fraction of sp³-hybridized carbons (Fsp3) is 0.250. The van der Waals surface area contributed by atoms with Crippen LogP contribution in [0, 0.1) is 5.82 Å². The van der Waals surface area contributed by atoms with Gasteiger partial charge in [-0.3, -0.25) is 0 Å². The summed E-state index contributed by atoms with van der Waals surface area (Å²) in [5.74, 6) is -1.72. The van der Waals surface area contributed by atoms with E-state index < -0.39 is 21.6 Å². The molecule has 1 aromatic rings. The molecule has 19 heavy (non-hydrogen) atoms. The summed E-state index contributed by atoms with van der Waals surface area (Å²) < 4.78 is 35.9. The van der Waals surface area contributed by atoms with Crippen molar-refractivity contribution in [3.8, 4) is 0 Å². The topological polar surface area (TPSA) is 83.5 Å². The van der Waals surface area contributed by atoms with Crippen molar-refractivity contribution >= 4 is 15.8 Å². The van der Waals surface area contributed by atoms with Gasteiger partial charge < -0.3 is 10.4 Å². The highest BCUT2D eigenvalue weighted by molar-refractivity contribution is 7.94. The van der Waals surface area contributed by atoms with Gasteiger partial charge in [0, 0.05) is 23.6 Å². The number of benzene rings is 1. The van der Waals surface area contributed by atoms with Gasteiger partial charge in [0.2, 0.25) is 0 Å². The van der Waals surface area contributed by atoms with Gasteiger partial charge in [0.25, 0.3) is 0 Å². The van der Waals surface area contributed by atoms with Crippen LogP contribution in [0.25, 0.3) is 0 Å². The number of halogens is 1. The maximum atomic E-state index is 13.5. The molecule has 2 rings (SSSR count). The number of rotatable bonds is 4. The van der Waals surface area contributed by atoms with E-state index in [4.69, 9.17) is 5.11 Å². The van der Waals surface area contributed by atoms with E-state index in [1.54, 1.807) is 0 Å². The van der Waals surface area contributed by atoms with Gasteiger partial charge >= 0.3 is 5.97 Å². The van der Waals surface area contributed by atoms with E-state index in [0.29, 0.717) is 0 Å². The van der Waals surface area contributed by atoms with Gasteiger partial charge in [-0.1, -0.05) is 6.08 Å². The molecule has 1 aromatic carbocycles. The molecule has 5 nitrogen and oxygen atoms in total. The maximum Gasteiger partial charge on any atom is 0.335 e. The fourth-order valence-electron chi connectivity index (χ4n) is 1.79. The van der Waals surface area contributed by atoms with Gasteiger partial charge in [-0.05, 0) is 18.2 Å². The van der Waals surface area contributed by atoms with Crippen LogP contribution in [0.2, 0.25) is 0 Å². The van der Waals surface area contributed by atoms with Crippen LogP contribution in [0.3, 0.4) is 0 Å². The van der Waals surface area contributed by atoms with Crippen LogP contribution >= 0.6 is 0 Å². The molecule has 1 unspecified atom stereocenters. The van der Waals surface area contributed by atoms with Crippen molar-refractivity contribution in [2.75, 3.05) is 5.75 Å². The quantitative estimate of drug-likeness (QED) is 0.859. The Kier molecular flexibility index (Phi) is 3.68. The lowest BCUT2D eigenvalue weighted by Gasteiger charge is -2.11. The Bertz CT molecular complexity index is 639. The number of aromatic carboxylic acids is 1. The van der Waals surface area contributed by atoms with E-state index in [1.165, 1.54) is 18.2 Å². The Morgan fingerprint density at radius 3 is 2.79 bits per heavy atom. The smallest absolute Gasteiger partial charge is 0.335 e. The Labute approximate surface area is 109 Å². The van der Waals surface area contributed by atoms with E-state index in [0.717, 1.165) is 11.5 Å². The molecule has 1 aliphatic rings. The van der Waals surface area contributed by atoms with Crippen molar-refractivity contribution in [2.24, 2.45) is 0 Å². The van der Waals surface area contributed by atoms with E-state index in [2.05, 4.69) is 5.32 Å². The maximum absolute atomic E-state index is 13.5. The van der Waals surface area contributed by atoms with Crippen LogP contribution in [0.4, 0.5) is 4.39 Å². The van der Waals surface area contributed by atoms with Crippen molar-refractivity contribution in [1.29, 1.82) is 0 Å². The lowest BCUT2D eigenvalue weighted by Crippen LogP contribution is -2.29. The third-order valence-corrected chi connectivity index (χ3v) is 4.17. The number of hydrogen-bond donors (Lipinski definition) is 2. The molecule has 1 atom stereocenters. The predicted octanol–water partition coefficient (Wildman–Crippen LogP) is 0.924. The van der Waals surface area contributed by atoms with Gasteiger partial charge in [0.1, 0.15) is 5.82 Å². The fourth-order valence-corrected chi connectivity index (χ4v) is 3.06. The summed E-state index contributed by atoms with van der Waals surface area (Å²) in [5.41, 5.74) is 0.186. The Balaban J connectivity index is 2.06. The van der Waals surface area contributed by atoms with Crippen LogP contribution in [-0.2, 0) is 16.4 Å². The molecule has 0 radical (unpaired) electrons. The highest BCUT2D eigenvalue weighted by Gasteiger charge is 2.21. The summed E-state index contributed by atoms with van der Waals surface area (Å²) in [6, 6.07) is 3.12. The van der Waals surface area contributed by atoms with Gasteiger partial charge in [-0.2, -0.15) is 0 Å². The summed E-state index contributed by atoms with van der Waals surface area (Å²) in [6.07, 6.45) is 1.49. The minimum absolute atomic E-state index is 0.00668. The first-order valence-corrected chi connectivity index (χ1v) is 7.25. The Morgan fingerprint density at radius 2 is 2.21 bits per heavy atom. The summed E-state index contributed by atoms with van der Waals surface area (Å²) >= 11 is 0. The normalized spacial score (nSPS) is 20.6. The third-order valence-electron chi connectivity index (χ3n) is 2.78. The number of hydrogen-bond acceptors (Lipinski definition) is 4. The molecule has 0 spiro atoms. The molecule has 0 amide bonds. The zero-order valence-corrected chi connectivity index (χ0v) is 10.7. The molecule has 0 aromatic heterocycles. The molecule has 0 saturated heterocycles. The Hall–Kier alpha value is -1.73. The minimum Gasteiger partial charge on any atom is -0.478 e. The molecule has 1 heterocycles. The van der Waals surface area contributed by atoms with E-state index in [1.807, 2.05) is 0 Å². The second-order valence-corrected chi connectivity index (χ2v) is 6.19. The van der Waals surface area contributed by atoms with Crippen LogP contribution in [0.15, 0.2) is 29.7 Å². The van der Waals surface area contributed by atoms with Gasteiger partial charge in [0.05, 0.1) is 11.3 Å². The number of carbonyl (C=O) groups is 1. The van der Waals surface area contributed by atoms with Crippen molar-refractivity contribution in [1.82, 2.24) is 5.32 Å². The molecule has 0 bridgehead atoms. The molecular formula is C12H12FNO4S. The van der Waals surface area contributed by atoms with Crippen LogP contribution in [0.5, 0.6) is 0 Å². The first-order chi connectivity index (χ1) is 8.87. The lowest BCUT2D eigenvalue weighted by molar-refractivity contribution is 0.0696. The highest BCUT2D eigenvalue weighted by Crippen LogP contribution is 2.13. The van der Waals surface area contributed by atoms with Crippen LogP contribution in [-0.4, -0.2) is 31.3 Å². The summed E-state index contributed by atoms with van der Waals surface area (Å²) in [4.78, 5) is 10.8. The SMILES string of the molecule is O=C(O)c1ccc(F)c(CNC2C=CS(=O)(=O)C2)c1. The second-order valence-electron chi connectivity index (χ2n) is 4.26. The van der Waals surface area contributed by atoms with Crippen molar-refractivity contribution in [2.45, 2.75) is 12.6 Å². The largest absolute Gasteiger partial charge is 0.478 e. The summed E-state index contributed by atoms with van der Waals surface area (Å²) in [5, 5.41) is 12.8. The Morgan fingerprint density at radius 1 is 1.47 bits per heavy atom. The molecular weight excluding hydrogens is 273 g/mol. The number of nitrogens with one attached hydrogen (secondary N) is 1. The number of sulfone groups is 1. The summed E-state index contributed by atoms with van der Waals surface area (Å²) in [6.45, 7) is 0.0669. The standard InChI is InChI=1S/C12H12FNO4S/c13-11-2-1-8(12(15)16)5-9(11)6-14-10-3-4-19(17,18)7-10/h1-5,10,14H,6-7H2,(H,15,16). The van der Waals surface area contributed by atoms with Gasteiger partial charge in [-0.15, -0.1) is 0 Å². The zero-order valence-electron chi connectivity index (χ0n) is 9.84. The molecule has 1 aliphatic heterocycles. The zero-order chi connectivity index (χ0) is 14.0. The molecule has 0 fully saturated rings. The average molecular weight is 285 g/mol. The minimum atomic E-state index is -3.16. The summed E-state index contributed by atoms with van der Waals surface area (Å²) in [7, 11) is -3.16. The van der Waals surface area contributed by atoms with Crippen LogP contribution in [0.1, 0.15) is 15.9 Å². The predicted molar refractivity (Wildman–Crippen MR) is 66.9 cm³/mol. The first-order valence-electron chi connectivity index (χ1n) is 5.53. The highest BCUT2D eigenvalue weighted by atomic mass is 32.2. The third kappa shape index (κ3) is 3.39. The molecule has 0 aliphatic carbocycles. The molecule has 7 heteroatoms. The first kappa shape index (κ1) is 13.7. The van der Waals surface area contributed by atoms with E-state index in [9.17, 15) is 17.6 Å². The van der Waals surface area contributed by atoms with Crippen molar-refractivity contribution < 1.29 is 22.7 Å².